The average molecular weight is 522 g/mol. The number of halogens is 1. The van der Waals surface area contributed by atoms with Gasteiger partial charge in [0.2, 0.25) is 0 Å². The largest absolute Gasteiger partial charge is 0.363 e. The summed E-state index contributed by atoms with van der Waals surface area (Å²) in [5.41, 5.74) is 3.46. The number of thiocarbonyl (C=S) groups is 1. The van der Waals surface area contributed by atoms with Crippen LogP contribution in [0.1, 0.15) is 60.3 Å². The zero-order valence-electron chi connectivity index (χ0n) is 20.6. The first-order valence-electron chi connectivity index (χ1n) is 12.0. The number of carbonyl (C=O) groups is 1. The Labute approximate surface area is 218 Å². The van der Waals surface area contributed by atoms with Crippen molar-refractivity contribution in [2.75, 3.05) is 26.2 Å². The first-order chi connectivity index (χ1) is 16.3. The van der Waals surface area contributed by atoms with Crippen LogP contribution in [0.4, 0.5) is 0 Å². The van der Waals surface area contributed by atoms with Crippen molar-refractivity contribution < 1.29 is 4.79 Å². The molecule has 1 unspecified atom stereocenters. The summed E-state index contributed by atoms with van der Waals surface area (Å²) in [6.45, 7) is 12.5. The number of hydrogen-bond donors (Lipinski definition) is 2. The fraction of sp³-hybridized carbons (Fsp3) is 0.560. The number of pyridine rings is 1. The van der Waals surface area contributed by atoms with E-state index in [0.717, 1.165) is 56.1 Å². The van der Waals surface area contributed by atoms with E-state index >= 15 is 0 Å². The van der Waals surface area contributed by atoms with Gasteiger partial charge in [-0.05, 0) is 93.2 Å². The smallest absolute Gasteiger partial charge is 0.253 e. The molecule has 1 aliphatic heterocycles. The first-order valence-corrected chi connectivity index (χ1v) is 13.7. The zero-order valence-corrected chi connectivity index (χ0v) is 23.0. The van der Waals surface area contributed by atoms with Crippen LogP contribution >= 0.6 is 35.2 Å². The van der Waals surface area contributed by atoms with Gasteiger partial charge in [-0.3, -0.25) is 4.79 Å². The number of carbonyl (C=O) groups excluding carboxylic acids is 1. The molecule has 2 aromatic rings. The Kier molecular flexibility index (Phi) is 10.1. The van der Waals surface area contributed by atoms with Crippen molar-refractivity contribution in [1.82, 2.24) is 25.4 Å². The minimum Gasteiger partial charge on any atom is -0.363 e. The standard InChI is InChI=1S/C25H36ClN5OS2/c1-5-27-25(33)31(15-20-9-13-34-16-20)21-7-11-30(12-8-21)18(3)6-10-28-24(32)23-17(2)14-22(26)29-19(23)4/h9,13-14,16,18,21H,5-8,10-12,15H2,1-4H3,(H,27,33)(H,28,32). The van der Waals surface area contributed by atoms with Gasteiger partial charge in [-0.1, -0.05) is 11.6 Å². The van der Waals surface area contributed by atoms with Crippen LogP contribution in [0.5, 0.6) is 0 Å². The summed E-state index contributed by atoms with van der Waals surface area (Å²) in [5.74, 6) is -0.0777. The van der Waals surface area contributed by atoms with Crippen molar-refractivity contribution in [3.8, 4) is 0 Å². The van der Waals surface area contributed by atoms with Crippen LogP contribution in [-0.4, -0.2) is 64.1 Å². The van der Waals surface area contributed by atoms with Crippen molar-refractivity contribution in [2.24, 2.45) is 0 Å². The molecular weight excluding hydrogens is 486 g/mol. The lowest BCUT2D eigenvalue weighted by Gasteiger charge is -2.41. The molecule has 3 heterocycles. The molecule has 34 heavy (non-hydrogen) atoms. The topological polar surface area (TPSA) is 60.5 Å². The molecule has 1 saturated heterocycles. The number of aryl methyl sites for hydroxylation is 2. The number of piperidine rings is 1. The maximum Gasteiger partial charge on any atom is 0.253 e. The summed E-state index contributed by atoms with van der Waals surface area (Å²) in [5, 5.41) is 12.0. The van der Waals surface area contributed by atoms with Gasteiger partial charge in [-0.25, -0.2) is 4.98 Å². The summed E-state index contributed by atoms with van der Waals surface area (Å²) in [7, 11) is 0. The number of rotatable bonds is 9. The van der Waals surface area contributed by atoms with E-state index in [4.69, 9.17) is 23.8 Å². The molecule has 1 amide bonds. The molecular formula is C25H36ClN5OS2. The van der Waals surface area contributed by atoms with Gasteiger partial charge in [-0.2, -0.15) is 11.3 Å². The van der Waals surface area contributed by atoms with Gasteiger partial charge in [0.15, 0.2) is 5.11 Å². The molecule has 0 spiro atoms. The molecule has 186 valence electrons. The molecule has 9 heteroatoms. The Morgan fingerprint density at radius 2 is 2.09 bits per heavy atom. The summed E-state index contributed by atoms with van der Waals surface area (Å²) in [4.78, 5) is 21.8. The van der Waals surface area contributed by atoms with Crippen LogP contribution in [0.3, 0.4) is 0 Å². The van der Waals surface area contributed by atoms with Gasteiger partial charge >= 0.3 is 0 Å². The fourth-order valence-corrected chi connectivity index (χ4v) is 5.94. The highest BCUT2D eigenvalue weighted by Gasteiger charge is 2.28. The lowest BCUT2D eigenvalue weighted by atomic mass is 10.0. The van der Waals surface area contributed by atoms with E-state index in [1.165, 1.54) is 5.56 Å². The quantitative estimate of drug-likeness (QED) is 0.366. The predicted molar refractivity (Wildman–Crippen MR) is 146 cm³/mol. The van der Waals surface area contributed by atoms with E-state index in [2.05, 4.69) is 56.1 Å². The van der Waals surface area contributed by atoms with Crippen LogP contribution in [-0.2, 0) is 6.54 Å². The lowest BCUT2D eigenvalue weighted by molar-refractivity contribution is 0.0934. The van der Waals surface area contributed by atoms with Crippen molar-refractivity contribution in [3.63, 3.8) is 0 Å². The van der Waals surface area contributed by atoms with Gasteiger partial charge in [0.25, 0.3) is 5.91 Å². The molecule has 0 aliphatic carbocycles. The molecule has 3 rings (SSSR count). The third-order valence-electron chi connectivity index (χ3n) is 6.53. The van der Waals surface area contributed by atoms with Gasteiger partial charge in [0.1, 0.15) is 5.15 Å². The highest BCUT2D eigenvalue weighted by atomic mass is 35.5. The zero-order chi connectivity index (χ0) is 24.7. The maximum atomic E-state index is 12.7. The third-order valence-corrected chi connectivity index (χ3v) is 7.83. The fourth-order valence-electron chi connectivity index (χ4n) is 4.63. The Morgan fingerprint density at radius 3 is 2.71 bits per heavy atom. The van der Waals surface area contributed by atoms with E-state index in [9.17, 15) is 4.79 Å². The van der Waals surface area contributed by atoms with Crippen LogP contribution in [0.25, 0.3) is 0 Å². The Bertz CT molecular complexity index is 937. The lowest BCUT2D eigenvalue weighted by Crippen LogP contribution is -2.51. The highest BCUT2D eigenvalue weighted by molar-refractivity contribution is 7.80. The summed E-state index contributed by atoms with van der Waals surface area (Å²) < 4.78 is 0. The van der Waals surface area contributed by atoms with E-state index in [-0.39, 0.29) is 5.91 Å². The minimum atomic E-state index is -0.0777. The van der Waals surface area contributed by atoms with Crippen molar-refractivity contribution in [3.05, 3.63) is 50.4 Å². The molecule has 0 aromatic carbocycles. The maximum absolute atomic E-state index is 12.7. The van der Waals surface area contributed by atoms with Crippen LogP contribution in [0.15, 0.2) is 22.9 Å². The molecule has 0 saturated carbocycles. The monoisotopic (exact) mass is 521 g/mol. The van der Waals surface area contributed by atoms with Crippen molar-refractivity contribution in [2.45, 2.75) is 65.6 Å². The Morgan fingerprint density at radius 1 is 1.35 bits per heavy atom. The Hall–Kier alpha value is -1.74. The molecule has 2 aromatic heterocycles. The number of nitrogens with zero attached hydrogens (tertiary/aromatic N) is 3. The van der Waals surface area contributed by atoms with Crippen molar-refractivity contribution in [1.29, 1.82) is 0 Å². The summed E-state index contributed by atoms with van der Waals surface area (Å²) in [6, 6.07) is 4.76. The first kappa shape index (κ1) is 26.9. The van der Waals surface area contributed by atoms with Crippen LogP contribution < -0.4 is 10.6 Å². The van der Waals surface area contributed by atoms with E-state index < -0.39 is 0 Å². The third kappa shape index (κ3) is 7.13. The van der Waals surface area contributed by atoms with Gasteiger partial charge in [0.05, 0.1) is 11.3 Å². The average Bonchev–Trinajstić information content (AvgIpc) is 3.30. The number of amides is 1. The van der Waals surface area contributed by atoms with Crippen LogP contribution in [0, 0.1) is 13.8 Å². The SMILES string of the molecule is CCNC(=S)N(Cc1ccsc1)C1CCN(C(C)CCNC(=O)c2c(C)cc(Cl)nc2C)CC1. The molecule has 6 nitrogen and oxygen atoms in total. The van der Waals surface area contributed by atoms with Gasteiger partial charge in [0, 0.05) is 44.8 Å². The number of hydrogen-bond acceptors (Lipinski definition) is 5. The number of nitrogens with one attached hydrogen (secondary N) is 2. The molecule has 1 aliphatic rings. The molecule has 1 atom stereocenters. The highest BCUT2D eigenvalue weighted by Crippen LogP contribution is 2.22. The number of thiophene rings is 1. The Balaban J connectivity index is 1.48. The van der Waals surface area contributed by atoms with Gasteiger partial charge in [-0.15, -0.1) is 0 Å². The predicted octanol–water partition coefficient (Wildman–Crippen LogP) is 4.78. The second-order valence-corrected chi connectivity index (χ2v) is 10.5. The second kappa shape index (κ2) is 12.8. The van der Waals surface area contributed by atoms with E-state index in [0.29, 0.717) is 35.0 Å². The molecule has 0 radical (unpaired) electrons. The number of likely N-dealkylation sites (tertiary alicyclic amines) is 1. The minimum absolute atomic E-state index is 0.0777. The van der Waals surface area contributed by atoms with Crippen LogP contribution in [0.2, 0.25) is 5.15 Å². The normalized spacial score (nSPS) is 15.7. The van der Waals surface area contributed by atoms with E-state index in [1.54, 1.807) is 17.4 Å². The van der Waals surface area contributed by atoms with E-state index in [1.807, 2.05) is 13.8 Å². The molecule has 0 bridgehead atoms. The molecule has 1 fully saturated rings. The summed E-state index contributed by atoms with van der Waals surface area (Å²) >= 11 is 13.4. The second-order valence-electron chi connectivity index (χ2n) is 8.98. The summed E-state index contributed by atoms with van der Waals surface area (Å²) in [6.07, 6.45) is 3.08. The molecule has 2 N–H and O–H groups in total. The van der Waals surface area contributed by atoms with Crippen molar-refractivity contribution >= 4 is 46.2 Å². The van der Waals surface area contributed by atoms with Gasteiger partial charge < -0.3 is 20.4 Å². The number of aromatic nitrogens is 1.